The monoisotopic (exact) mass is 106 g/mol. The van der Waals surface area contributed by atoms with E-state index in [1.807, 2.05) is 0 Å². The van der Waals surface area contributed by atoms with Crippen LogP contribution >= 0.6 is 24.8 Å². The lowest BCUT2D eigenvalue weighted by Crippen LogP contribution is -1.76. The van der Waals surface area contributed by atoms with E-state index in [4.69, 9.17) is 0 Å². The summed E-state index contributed by atoms with van der Waals surface area (Å²) in [5, 5.41) is 0. The van der Waals surface area contributed by atoms with Gasteiger partial charge in [0.25, 0.3) is 0 Å². The van der Waals surface area contributed by atoms with Gasteiger partial charge in [-0.25, -0.2) is 0 Å². The SMILES string of the molecule is O=CC(=S)S. The van der Waals surface area contributed by atoms with Crippen LogP contribution in [0, 0.1) is 0 Å². The Hall–Kier alpha value is 0.110. The second-order valence-electron chi connectivity index (χ2n) is 0.456. The average molecular weight is 106 g/mol. The number of rotatable bonds is 1. The van der Waals surface area contributed by atoms with Gasteiger partial charge in [-0.15, -0.1) is 12.6 Å². The van der Waals surface area contributed by atoms with Crippen LogP contribution in [0.2, 0.25) is 0 Å². The Bertz CT molecular complexity index is 58.7. The molecule has 1 nitrogen and oxygen atoms in total. The fourth-order valence-corrected chi connectivity index (χ4v) is 0. The molecule has 0 saturated heterocycles. The summed E-state index contributed by atoms with van der Waals surface area (Å²) in [5.74, 6) is 0. The maximum atomic E-state index is 9.29. The zero-order valence-electron chi connectivity index (χ0n) is 2.34. The lowest BCUT2D eigenvalue weighted by atomic mass is 10.9. The highest BCUT2D eigenvalue weighted by molar-refractivity contribution is 8.13. The predicted octanol–water partition coefficient (Wildman–Crippen LogP) is 0.442. The first-order valence-corrected chi connectivity index (χ1v) is 1.81. The molecule has 0 radical (unpaired) electrons. The summed E-state index contributed by atoms with van der Waals surface area (Å²) >= 11 is 7.65. The zero-order valence-corrected chi connectivity index (χ0v) is 4.05. The summed E-state index contributed by atoms with van der Waals surface area (Å²) < 4.78 is 0.102. The van der Waals surface area contributed by atoms with Gasteiger partial charge < -0.3 is 0 Å². The molecule has 0 aliphatic rings. The van der Waals surface area contributed by atoms with E-state index in [2.05, 4.69) is 24.8 Å². The van der Waals surface area contributed by atoms with Crippen molar-refractivity contribution < 1.29 is 4.79 Å². The summed E-state index contributed by atoms with van der Waals surface area (Å²) in [6, 6.07) is 0. The number of thiocarbonyl (C=S) groups is 1. The van der Waals surface area contributed by atoms with Crippen molar-refractivity contribution in [1.82, 2.24) is 0 Å². The van der Waals surface area contributed by atoms with Crippen molar-refractivity contribution in [1.29, 1.82) is 0 Å². The van der Waals surface area contributed by atoms with Gasteiger partial charge in [0.15, 0.2) is 6.29 Å². The Morgan fingerprint density at radius 1 is 2.00 bits per heavy atom. The maximum absolute atomic E-state index is 9.29. The van der Waals surface area contributed by atoms with Gasteiger partial charge in [-0.3, -0.25) is 4.79 Å². The number of carbonyl (C=O) groups excluding carboxylic acids is 1. The number of carbonyl (C=O) groups is 1. The average Bonchev–Trinajstić information content (AvgIpc) is 1.38. The van der Waals surface area contributed by atoms with Crippen molar-refractivity contribution in [3.8, 4) is 0 Å². The molecule has 0 aromatic carbocycles. The van der Waals surface area contributed by atoms with Crippen LogP contribution in [0.25, 0.3) is 0 Å². The molecular weight excluding hydrogens is 104 g/mol. The van der Waals surface area contributed by atoms with Crippen molar-refractivity contribution in [2.45, 2.75) is 0 Å². The van der Waals surface area contributed by atoms with E-state index < -0.39 is 0 Å². The quantitative estimate of drug-likeness (QED) is 0.297. The fraction of sp³-hybridized carbons (Fsp3) is 0. The zero-order chi connectivity index (χ0) is 4.28. The van der Waals surface area contributed by atoms with Crippen molar-refractivity contribution in [3.63, 3.8) is 0 Å². The van der Waals surface area contributed by atoms with Crippen LogP contribution in [0.1, 0.15) is 0 Å². The largest absolute Gasteiger partial charge is 0.296 e. The van der Waals surface area contributed by atoms with E-state index in [9.17, 15) is 4.79 Å². The fourth-order valence-electron chi connectivity index (χ4n) is 0. The molecule has 0 aromatic heterocycles. The molecule has 0 aliphatic carbocycles. The van der Waals surface area contributed by atoms with Crippen molar-refractivity contribution in [3.05, 3.63) is 0 Å². The van der Waals surface area contributed by atoms with Gasteiger partial charge in [0.05, 0.1) is 0 Å². The Morgan fingerprint density at radius 2 is 2.20 bits per heavy atom. The van der Waals surface area contributed by atoms with Crippen LogP contribution in [0.15, 0.2) is 0 Å². The molecule has 0 aromatic rings. The lowest BCUT2D eigenvalue weighted by Gasteiger charge is -1.61. The molecule has 0 N–H and O–H groups in total. The minimum Gasteiger partial charge on any atom is -0.296 e. The molecule has 0 saturated carbocycles. The van der Waals surface area contributed by atoms with Crippen LogP contribution in [-0.2, 0) is 4.79 Å². The van der Waals surface area contributed by atoms with Crippen LogP contribution in [0.5, 0.6) is 0 Å². The molecule has 0 aliphatic heterocycles. The highest BCUT2D eigenvalue weighted by atomic mass is 32.1. The van der Waals surface area contributed by atoms with Crippen LogP contribution in [0.3, 0.4) is 0 Å². The van der Waals surface area contributed by atoms with E-state index in [1.165, 1.54) is 0 Å². The first-order valence-electron chi connectivity index (χ1n) is 0.952. The van der Waals surface area contributed by atoms with Gasteiger partial charge >= 0.3 is 0 Å². The molecule has 0 amide bonds. The Morgan fingerprint density at radius 3 is 2.20 bits per heavy atom. The third-order valence-corrected chi connectivity index (χ3v) is 0.302. The van der Waals surface area contributed by atoms with E-state index in [0.29, 0.717) is 6.29 Å². The number of thiol groups is 1. The minimum absolute atomic E-state index is 0.102. The Labute approximate surface area is 40.8 Å². The van der Waals surface area contributed by atoms with E-state index in [0.717, 1.165) is 0 Å². The molecule has 0 atom stereocenters. The summed E-state index contributed by atoms with van der Waals surface area (Å²) in [4.78, 5) is 9.29. The van der Waals surface area contributed by atoms with Gasteiger partial charge in [-0.1, -0.05) is 12.2 Å². The molecule has 0 unspecified atom stereocenters. The molecular formula is C2H2OS2. The van der Waals surface area contributed by atoms with Gasteiger partial charge in [-0.2, -0.15) is 0 Å². The standard InChI is InChI=1S/C2H2OS2/c3-1-2(4)5/h1H,(H,4,5). The molecule has 0 heterocycles. The van der Waals surface area contributed by atoms with Crippen LogP contribution in [-0.4, -0.2) is 10.5 Å². The molecule has 0 spiro atoms. The maximum Gasteiger partial charge on any atom is 0.167 e. The Balaban J connectivity index is 3.20. The smallest absolute Gasteiger partial charge is 0.167 e. The highest BCUT2D eigenvalue weighted by Crippen LogP contribution is 1.71. The number of hydrogen-bond acceptors (Lipinski definition) is 2. The normalized spacial score (nSPS) is 6.60. The Kier molecular flexibility index (Phi) is 2.41. The topological polar surface area (TPSA) is 17.1 Å². The predicted molar refractivity (Wildman–Crippen MR) is 27.6 cm³/mol. The van der Waals surface area contributed by atoms with Gasteiger partial charge in [0.1, 0.15) is 4.20 Å². The summed E-state index contributed by atoms with van der Waals surface area (Å²) in [7, 11) is 0. The molecule has 28 valence electrons. The molecule has 0 rings (SSSR count). The molecule has 3 heteroatoms. The summed E-state index contributed by atoms with van der Waals surface area (Å²) in [6.07, 6.45) is 0.512. The first-order chi connectivity index (χ1) is 2.27. The lowest BCUT2D eigenvalue weighted by molar-refractivity contribution is -0.102. The number of hydrogen-bond donors (Lipinski definition) is 1. The minimum atomic E-state index is 0.102. The van der Waals surface area contributed by atoms with Crippen molar-refractivity contribution in [2.24, 2.45) is 0 Å². The third-order valence-electron chi connectivity index (χ3n) is 0.101. The summed E-state index contributed by atoms with van der Waals surface area (Å²) in [5.41, 5.74) is 0. The highest BCUT2D eigenvalue weighted by Gasteiger charge is 1.71. The third kappa shape index (κ3) is 4.11. The first kappa shape index (κ1) is 5.11. The van der Waals surface area contributed by atoms with E-state index >= 15 is 0 Å². The van der Waals surface area contributed by atoms with E-state index in [1.54, 1.807) is 0 Å². The second kappa shape index (κ2) is 2.35. The second-order valence-corrected chi connectivity index (χ2v) is 1.68. The van der Waals surface area contributed by atoms with Crippen molar-refractivity contribution >= 4 is 35.3 Å². The molecule has 0 fully saturated rings. The van der Waals surface area contributed by atoms with E-state index in [-0.39, 0.29) is 4.20 Å². The van der Waals surface area contributed by atoms with Crippen LogP contribution in [0.4, 0.5) is 0 Å². The number of aldehydes is 1. The summed E-state index contributed by atoms with van der Waals surface area (Å²) in [6.45, 7) is 0. The van der Waals surface area contributed by atoms with Crippen LogP contribution < -0.4 is 0 Å². The van der Waals surface area contributed by atoms with Crippen molar-refractivity contribution in [2.75, 3.05) is 0 Å². The van der Waals surface area contributed by atoms with Gasteiger partial charge in [-0.05, 0) is 0 Å². The van der Waals surface area contributed by atoms with Gasteiger partial charge in [0.2, 0.25) is 0 Å². The van der Waals surface area contributed by atoms with Gasteiger partial charge in [0, 0.05) is 0 Å². The molecule has 5 heavy (non-hydrogen) atoms. The molecule has 0 bridgehead atoms.